The molecule has 1 saturated heterocycles. The summed E-state index contributed by atoms with van der Waals surface area (Å²) in [6, 6.07) is 13.4. The molecule has 0 radical (unpaired) electrons. The van der Waals surface area contributed by atoms with Gasteiger partial charge in [-0.1, -0.05) is 42.5 Å². The van der Waals surface area contributed by atoms with E-state index in [1.807, 2.05) is 0 Å². The van der Waals surface area contributed by atoms with Gasteiger partial charge in [-0.05, 0) is 78.8 Å². The number of allylic oxidation sites excluding steroid dienone is 2. The first-order chi connectivity index (χ1) is 13.7. The van der Waals surface area contributed by atoms with E-state index >= 15 is 0 Å². The first-order valence-corrected chi connectivity index (χ1v) is 10.9. The highest BCUT2D eigenvalue weighted by Crippen LogP contribution is 2.40. The smallest absolute Gasteiger partial charge is 0.226 e. The molecule has 3 nitrogen and oxygen atoms in total. The first kappa shape index (κ1) is 17.9. The number of aliphatic hydroxyl groups excluding tert-OH is 1. The molecule has 146 valence electrons. The van der Waals surface area contributed by atoms with Crippen LogP contribution in [0.15, 0.2) is 42.5 Å². The van der Waals surface area contributed by atoms with E-state index in [9.17, 15) is 9.90 Å². The second kappa shape index (κ2) is 7.36. The van der Waals surface area contributed by atoms with Gasteiger partial charge in [0.2, 0.25) is 5.91 Å². The number of fused-ring (bicyclic) bond motifs is 1. The molecule has 1 heterocycles. The van der Waals surface area contributed by atoms with Crippen LogP contribution < -0.4 is 0 Å². The molecule has 1 aliphatic heterocycles. The third kappa shape index (κ3) is 3.37. The number of benzene rings is 2. The minimum Gasteiger partial charge on any atom is -0.393 e. The summed E-state index contributed by atoms with van der Waals surface area (Å²) in [5.41, 5.74) is 4.15. The highest BCUT2D eigenvalue weighted by Gasteiger charge is 2.35. The normalized spacial score (nSPS) is 27.8. The number of amides is 1. The van der Waals surface area contributed by atoms with Crippen LogP contribution in [-0.4, -0.2) is 34.6 Å². The molecule has 3 heteroatoms. The van der Waals surface area contributed by atoms with Gasteiger partial charge < -0.3 is 10.0 Å². The van der Waals surface area contributed by atoms with Crippen molar-refractivity contribution in [3.63, 3.8) is 0 Å². The predicted molar refractivity (Wildman–Crippen MR) is 113 cm³/mol. The van der Waals surface area contributed by atoms with Crippen LogP contribution in [0.4, 0.5) is 0 Å². The largest absolute Gasteiger partial charge is 0.393 e. The van der Waals surface area contributed by atoms with Crippen LogP contribution in [0.3, 0.4) is 0 Å². The highest BCUT2D eigenvalue weighted by atomic mass is 16.3. The van der Waals surface area contributed by atoms with Crippen molar-refractivity contribution in [3.8, 4) is 0 Å². The van der Waals surface area contributed by atoms with Crippen LogP contribution in [0, 0.1) is 5.92 Å². The van der Waals surface area contributed by atoms with Gasteiger partial charge in [0.15, 0.2) is 0 Å². The number of carbonyl (C=O) groups excluding carboxylic acids is 1. The summed E-state index contributed by atoms with van der Waals surface area (Å²) in [6.45, 7) is 0.895. The average Bonchev–Trinajstić information content (AvgIpc) is 3.55. The number of hydrogen-bond donors (Lipinski definition) is 1. The average molecular weight is 376 g/mol. The summed E-state index contributed by atoms with van der Waals surface area (Å²) in [7, 11) is 0. The molecule has 3 aliphatic rings. The molecule has 2 aromatic carbocycles. The van der Waals surface area contributed by atoms with Crippen molar-refractivity contribution in [2.75, 3.05) is 6.54 Å². The fourth-order valence-electron chi connectivity index (χ4n) is 5.28. The van der Waals surface area contributed by atoms with Gasteiger partial charge in [-0.3, -0.25) is 4.79 Å². The van der Waals surface area contributed by atoms with E-state index in [4.69, 9.17) is 0 Å². The minimum atomic E-state index is -0.168. The zero-order valence-corrected chi connectivity index (χ0v) is 16.4. The standard InChI is InChI=1S/C25H29NO2/c27-22-13-11-21(12-14-22)26-15-3-5-20(25(26)28)16-19-10-7-17-4-1-2-6-23(17)24(19)18-8-9-18/h1-2,4,6-8,10,20-22,27H,3,5,9,11-16H2. The lowest BCUT2D eigenvalue weighted by Crippen LogP contribution is -2.49. The lowest BCUT2D eigenvalue weighted by Gasteiger charge is -2.40. The number of piperidine rings is 1. The number of aliphatic hydroxyl groups is 1. The molecular weight excluding hydrogens is 346 g/mol. The fourth-order valence-corrected chi connectivity index (χ4v) is 5.28. The minimum absolute atomic E-state index is 0.0971. The van der Waals surface area contributed by atoms with Gasteiger partial charge in [-0.2, -0.15) is 0 Å². The van der Waals surface area contributed by atoms with Gasteiger partial charge in [0.1, 0.15) is 0 Å². The quantitative estimate of drug-likeness (QED) is 0.841. The summed E-state index contributed by atoms with van der Waals surface area (Å²) in [5.74, 6) is 0.441. The number of rotatable bonds is 4. The van der Waals surface area contributed by atoms with Crippen LogP contribution in [0.5, 0.6) is 0 Å². The predicted octanol–water partition coefficient (Wildman–Crippen LogP) is 4.71. The Labute approximate surface area is 167 Å². The second-order valence-corrected chi connectivity index (χ2v) is 8.79. The summed E-state index contributed by atoms with van der Waals surface area (Å²) in [4.78, 5) is 15.5. The first-order valence-electron chi connectivity index (χ1n) is 10.9. The number of likely N-dealkylation sites (tertiary alicyclic amines) is 1. The van der Waals surface area contributed by atoms with E-state index in [1.165, 1.54) is 27.5 Å². The monoisotopic (exact) mass is 375 g/mol. The van der Waals surface area contributed by atoms with Crippen molar-refractivity contribution in [2.24, 2.45) is 5.92 Å². The van der Waals surface area contributed by atoms with Crippen LogP contribution in [0.25, 0.3) is 16.3 Å². The third-order valence-corrected chi connectivity index (χ3v) is 6.90. The Morgan fingerprint density at radius 3 is 2.57 bits per heavy atom. The van der Waals surface area contributed by atoms with Crippen molar-refractivity contribution in [2.45, 2.75) is 63.5 Å². The van der Waals surface area contributed by atoms with Gasteiger partial charge in [-0.15, -0.1) is 0 Å². The fraction of sp³-hybridized carbons (Fsp3) is 0.480. The Morgan fingerprint density at radius 2 is 1.79 bits per heavy atom. The van der Waals surface area contributed by atoms with E-state index in [-0.39, 0.29) is 12.0 Å². The molecule has 0 aromatic heterocycles. The number of nitrogens with zero attached hydrogens (tertiary/aromatic N) is 1. The molecule has 1 amide bonds. The maximum Gasteiger partial charge on any atom is 0.226 e. The van der Waals surface area contributed by atoms with Crippen LogP contribution in [-0.2, 0) is 11.2 Å². The third-order valence-electron chi connectivity index (χ3n) is 6.90. The second-order valence-electron chi connectivity index (χ2n) is 8.79. The van der Waals surface area contributed by atoms with Gasteiger partial charge in [0.25, 0.3) is 0 Å². The molecular formula is C25H29NO2. The molecule has 5 rings (SSSR count). The molecule has 1 unspecified atom stereocenters. The lowest BCUT2D eigenvalue weighted by molar-refractivity contribution is -0.142. The zero-order valence-electron chi connectivity index (χ0n) is 16.4. The van der Waals surface area contributed by atoms with Crippen LogP contribution >= 0.6 is 0 Å². The van der Waals surface area contributed by atoms with Crippen LogP contribution in [0.1, 0.15) is 56.1 Å². The van der Waals surface area contributed by atoms with Gasteiger partial charge >= 0.3 is 0 Å². The van der Waals surface area contributed by atoms with E-state index in [2.05, 4.69) is 47.4 Å². The Kier molecular flexibility index (Phi) is 4.72. The molecule has 2 aromatic rings. The molecule has 1 atom stereocenters. The summed E-state index contributed by atoms with van der Waals surface area (Å²) < 4.78 is 0. The maximum absolute atomic E-state index is 13.3. The molecule has 2 aliphatic carbocycles. The van der Waals surface area contributed by atoms with Gasteiger partial charge in [0.05, 0.1) is 6.10 Å². The van der Waals surface area contributed by atoms with Crippen LogP contribution in [0.2, 0.25) is 0 Å². The van der Waals surface area contributed by atoms with E-state index in [0.29, 0.717) is 11.9 Å². The Morgan fingerprint density at radius 1 is 1.00 bits per heavy atom. The molecule has 0 spiro atoms. The topological polar surface area (TPSA) is 40.5 Å². The molecule has 1 N–H and O–H groups in total. The number of hydrogen-bond acceptors (Lipinski definition) is 2. The molecule has 0 bridgehead atoms. The number of carbonyl (C=O) groups is 1. The lowest BCUT2D eigenvalue weighted by atomic mass is 9.84. The summed E-state index contributed by atoms with van der Waals surface area (Å²) in [5, 5.41) is 12.4. The Balaban J connectivity index is 1.39. The maximum atomic E-state index is 13.3. The van der Waals surface area contributed by atoms with Gasteiger partial charge in [0, 0.05) is 18.5 Å². The summed E-state index contributed by atoms with van der Waals surface area (Å²) >= 11 is 0. The Hall–Kier alpha value is -2.13. The SMILES string of the molecule is O=C1C(Cc2ccc3ccccc3c2C2=CC2)CCCN1C1CCC(O)CC1. The highest BCUT2D eigenvalue weighted by molar-refractivity contribution is 5.98. The van der Waals surface area contributed by atoms with E-state index in [1.54, 1.807) is 0 Å². The van der Waals surface area contributed by atoms with Crippen molar-refractivity contribution in [1.29, 1.82) is 0 Å². The van der Waals surface area contributed by atoms with Crippen molar-refractivity contribution >= 4 is 22.3 Å². The van der Waals surface area contributed by atoms with Crippen molar-refractivity contribution in [1.82, 2.24) is 4.90 Å². The Bertz CT molecular complexity index is 923. The van der Waals surface area contributed by atoms with Crippen molar-refractivity contribution in [3.05, 3.63) is 53.6 Å². The zero-order chi connectivity index (χ0) is 19.1. The molecule has 1 saturated carbocycles. The molecule has 2 fully saturated rings. The van der Waals surface area contributed by atoms with E-state index < -0.39 is 0 Å². The van der Waals surface area contributed by atoms with E-state index in [0.717, 1.165) is 57.9 Å². The van der Waals surface area contributed by atoms with Gasteiger partial charge in [-0.25, -0.2) is 0 Å². The summed E-state index contributed by atoms with van der Waals surface area (Å²) in [6.07, 6.45) is 9.73. The molecule has 28 heavy (non-hydrogen) atoms. The van der Waals surface area contributed by atoms with Crippen molar-refractivity contribution < 1.29 is 9.90 Å².